The highest BCUT2D eigenvalue weighted by molar-refractivity contribution is 5.90. The molecule has 0 aromatic heterocycles. The van der Waals surface area contributed by atoms with Gasteiger partial charge in [0.05, 0.1) is 5.60 Å². The number of hydrogen-bond acceptors (Lipinski definition) is 3. The number of carbonyl (C=O) groups excluding carboxylic acids is 1. The van der Waals surface area contributed by atoms with E-state index in [0.29, 0.717) is 12.6 Å². The van der Waals surface area contributed by atoms with Gasteiger partial charge in [-0.15, -0.1) is 0 Å². The molecule has 3 N–H and O–H groups in total. The van der Waals surface area contributed by atoms with Gasteiger partial charge in [-0.3, -0.25) is 4.90 Å². The van der Waals surface area contributed by atoms with Crippen molar-refractivity contribution in [1.82, 2.24) is 10.2 Å². The Morgan fingerprint density at radius 1 is 1.07 bits per heavy atom. The minimum atomic E-state index is -0.755. The van der Waals surface area contributed by atoms with Crippen LogP contribution in [-0.4, -0.2) is 41.3 Å². The Labute approximate surface area is 169 Å². The summed E-state index contributed by atoms with van der Waals surface area (Å²) in [4.78, 5) is 14.9. The average molecular weight is 388 g/mol. The number of benzene rings is 1. The van der Waals surface area contributed by atoms with Gasteiger partial charge in [-0.1, -0.05) is 63.1 Å². The summed E-state index contributed by atoms with van der Waals surface area (Å²) < 4.78 is 0. The van der Waals surface area contributed by atoms with E-state index < -0.39 is 5.60 Å². The average Bonchev–Trinajstić information content (AvgIpc) is 2.93. The van der Waals surface area contributed by atoms with Crippen LogP contribution < -0.4 is 10.6 Å². The lowest BCUT2D eigenvalue weighted by atomic mass is 9.94. The van der Waals surface area contributed by atoms with Crippen LogP contribution >= 0.6 is 0 Å². The van der Waals surface area contributed by atoms with Crippen LogP contribution in [0.5, 0.6) is 0 Å². The standard InChI is InChI=1S/C23H37N3O2/c1-26(20-12-5-4-6-13-20)17-19-11-7-8-14-21(19)25-22(27)24-18-23(28)15-9-2-3-10-16-23/h7-8,11,14,20,28H,2-6,9-10,12-13,15-18H2,1H3,(H2,24,25,27). The number of amides is 2. The highest BCUT2D eigenvalue weighted by Crippen LogP contribution is 2.27. The summed E-state index contributed by atoms with van der Waals surface area (Å²) in [5, 5.41) is 16.6. The van der Waals surface area contributed by atoms with Crippen molar-refractivity contribution in [2.75, 3.05) is 18.9 Å². The van der Waals surface area contributed by atoms with E-state index in [9.17, 15) is 9.90 Å². The van der Waals surface area contributed by atoms with E-state index in [2.05, 4.69) is 28.6 Å². The van der Waals surface area contributed by atoms with Crippen LogP contribution in [-0.2, 0) is 6.54 Å². The maximum absolute atomic E-state index is 12.5. The van der Waals surface area contributed by atoms with Crippen molar-refractivity contribution in [3.8, 4) is 0 Å². The Morgan fingerprint density at radius 3 is 2.43 bits per heavy atom. The zero-order valence-corrected chi connectivity index (χ0v) is 17.4. The number of hydrogen-bond donors (Lipinski definition) is 3. The molecule has 156 valence electrons. The van der Waals surface area contributed by atoms with Crippen molar-refractivity contribution < 1.29 is 9.90 Å². The molecule has 0 unspecified atom stereocenters. The van der Waals surface area contributed by atoms with Gasteiger partial charge >= 0.3 is 6.03 Å². The summed E-state index contributed by atoms with van der Waals surface area (Å²) >= 11 is 0. The molecule has 1 aromatic carbocycles. The van der Waals surface area contributed by atoms with Gasteiger partial charge < -0.3 is 15.7 Å². The Bertz CT molecular complexity index is 620. The summed E-state index contributed by atoms with van der Waals surface area (Å²) in [7, 11) is 2.19. The van der Waals surface area contributed by atoms with Crippen molar-refractivity contribution in [3.63, 3.8) is 0 Å². The Hall–Kier alpha value is -1.59. The molecule has 0 atom stereocenters. The summed E-state index contributed by atoms with van der Waals surface area (Å²) in [5.74, 6) is 0. The zero-order valence-electron chi connectivity index (χ0n) is 17.4. The molecule has 5 heteroatoms. The van der Waals surface area contributed by atoms with E-state index in [-0.39, 0.29) is 6.03 Å². The van der Waals surface area contributed by atoms with E-state index in [1.54, 1.807) is 0 Å². The van der Waals surface area contributed by atoms with E-state index in [4.69, 9.17) is 0 Å². The number of anilines is 1. The third kappa shape index (κ3) is 6.21. The van der Waals surface area contributed by atoms with Crippen LogP contribution in [0.3, 0.4) is 0 Å². The zero-order chi connectivity index (χ0) is 19.8. The maximum Gasteiger partial charge on any atom is 0.319 e. The molecule has 0 heterocycles. The first-order valence-electron chi connectivity index (χ1n) is 11.1. The van der Waals surface area contributed by atoms with E-state index in [1.807, 2.05) is 18.2 Å². The van der Waals surface area contributed by atoms with Crippen LogP contribution in [0.4, 0.5) is 10.5 Å². The number of nitrogens with zero attached hydrogens (tertiary/aromatic N) is 1. The third-order valence-electron chi connectivity index (χ3n) is 6.50. The van der Waals surface area contributed by atoms with Gasteiger partial charge in [0.2, 0.25) is 0 Å². The lowest BCUT2D eigenvalue weighted by Gasteiger charge is -2.31. The Balaban J connectivity index is 1.54. The van der Waals surface area contributed by atoms with Gasteiger partial charge in [-0.2, -0.15) is 0 Å². The van der Waals surface area contributed by atoms with Crippen LogP contribution in [0.15, 0.2) is 24.3 Å². The number of nitrogens with one attached hydrogen (secondary N) is 2. The molecule has 2 saturated carbocycles. The Kier molecular flexibility index (Phi) is 7.74. The van der Waals surface area contributed by atoms with Crippen LogP contribution in [0.2, 0.25) is 0 Å². The molecule has 28 heavy (non-hydrogen) atoms. The van der Waals surface area contributed by atoms with Crippen LogP contribution in [0.25, 0.3) is 0 Å². The molecule has 0 spiro atoms. The van der Waals surface area contributed by atoms with Crippen molar-refractivity contribution in [2.24, 2.45) is 0 Å². The number of rotatable bonds is 6. The molecule has 2 aliphatic carbocycles. The normalized spacial score (nSPS) is 20.5. The molecule has 3 rings (SSSR count). The van der Waals surface area contributed by atoms with Crippen molar-refractivity contribution in [3.05, 3.63) is 29.8 Å². The van der Waals surface area contributed by atoms with Gasteiger partial charge in [0.15, 0.2) is 0 Å². The number of carbonyl (C=O) groups is 1. The highest BCUT2D eigenvalue weighted by atomic mass is 16.3. The molecule has 0 aliphatic heterocycles. The minimum absolute atomic E-state index is 0.231. The molecule has 2 aliphatic rings. The fourth-order valence-corrected chi connectivity index (χ4v) is 4.67. The quantitative estimate of drug-likeness (QED) is 0.622. The summed E-state index contributed by atoms with van der Waals surface area (Å²) in [6, 6.07) is 8.45. The van der Waals surface area contributed by atoms with Gasteiger partial charge in [0.25, 0.3) is 0 Å². The number of para-hydroxylation sites is 1. The summed E-state index contributed by atoms with van der Waals surface area (Å²) in [5.41, 5.74) is 1.24. The molecular formula is C23H37N3O2. The SMILES string of the molecule is CN(Cc1ccccc1NC(=O)NCC1(O)CCCCCC1)C1CCCCC1. The summed E-state index contributed by atoms with van der Waals surface area (Å²) in [6.07, 6.45) is 12.5. The van der Waals surface area contributed by atoms with Gasteiger partial charge in [0.1, 0.15) is 0 Å². The second kappa shape index (κ2) is 10.3. The minimum Gasteiger partial charge on any atom is -0.388 e. The van der Waals surface area contributed by atoms with E-state index >= 15 is 0 Å². The van der Waals surface area contributed by atoms with E-state index in [1.165, 1.54) is 44.9 Å². The molecule has 2 amide bonds. The van der Waals surface area contributed by atoms with Crippen molar-refractivity contribution in [1.29, 1.82) is 0 Å². The molecule has 5 nitrogen and oxygen atoms in total. The van der Waals surface area contributed by atoms with Gasteiger partial charge in [0, 0.05) is 24.8 Å². The first kappa shape index (κ1) is 21.1. The summed E-state index contributed by atoms with van der Waals surface area (Å²) in [6.45, 7) is 1.16. The third-order valence-corrected chi connectivity index (χ3v) is 6.50. The molecule has 0 radical (unpaired) electrons. The Morgan fingerprint density at radius 2 is 1.71 bits per heavy atom. The number of urea groups is 1. The fraction of sp³-hybridized carbons (Fsp3) is 0.696. The van der Waals surface area contributed by atoms with Crippen molar-refractivity contribution in [2.45, 2.75) is 88.8 Å². The molecule has 0 bridgehead atoms. The monoisotopic (exact) mass is 387 g/mol. The predicted octanol–water partition coefficient (Wildman–Crippen LogP) is 4.66. The molecule has 0 saturated heterocycles. The first-order chi connectivity index (χ1) is 13.6. The van der Waals surface area contributed by atoms with Crippen LogP contribution in [0, 0.1) is 0 Å². The first-order valence-corrected chi connectivity index (χ1v) is 11.1. The van der Waals surface area contributed by atoms with Crippen LogP contribution in [0.1, 0.15) is 76.2 Å². The smallest absolute Gasteiger partial charge is 0.319 e. The predicted molar refractivity (Wildman–Crippen MR) is 114 cm³/mol. The highest BCUT2D eigenvalue weighted by Gasteiger charge is 2.28. The van der Waals surface area contributed by atoms with Gasteiger partial charge in [-0.25, -0.2) is 4.79 Å². The fourth-order valence-electron chi connectivity index (χ4n) is 4.67. The molecule has 1 aromatic rings. The topological polar surface area (TPSA) is 64.6 Å². The second-order valence-electron chi connectivity index (χ2n) is 8.81. The lowest BCUT2D eigenvalue weighted by Crippen LogP contribution is -2.44. The van der Waals surface area contributed by atoms with Gasteiger partial charge in [-0.05, 0) is 44.4 Å². The second-order valence-corrected chi connectivity index (χ2v) is 8.81. The largest absolute Gasteiger partial charge is 0.388 e. The van der Waals surface area contributed by atoms with Crippen molar-refractivity contribution >= 4 is 11.7 Å². The lowest BCUT2D eigenvalue weighted by molar-refractivity contribution is 0.0281. The maximum atomic E-state index is 12.5. The number of aliphatic hydroxyl groups is 1. The molecule has 2 fully saturated rings. The molecular weight excluding hydrogens is 350 g/mol. The van der Waals surface area contributed by atoms with E-state index in [0.717, 1.165) is 43.5 Å².